The molecule has 1 aromatic carbocycles. The molecule has 1 fully saturated rings. The van der Waals surface area contributed by atoms with Crippen LogP contribution in [-0.4, -0.2) is 55.1 Å². The van der Waals surface area contributed by atoms with Crippen molar-refractivity contribution in [2.24, 2.45) is 0 Å². The van der Waals surface area contributed by atoms with Gasteiger partial charge in [0.25, 0.3) is 0 Å². The minimum Gasteiger partial charge on any atom is -0.465 e. The number of ether oxygens (including phenoxy) is 2. The molecule has 2 N–H and O–H groups in total. The van der Waals surface area contributed by atoms with Gasteiger partial charge in [0.15, 0.2) is 0 Å². The first-order valence-corrected chi connectivity index (χ1v) is 11.2. The highest BCUT2D eigenvalue weighted by atomic mass is 16.6. The Kier molecular flexibility index (Phi) is 8.97. The summed E-state index contributed by atoms with van der Waals surface area (Å²) in [6.45, 7) is 10.1. The van der Waals surface area contributed by atoms with E-state index < -0.39 is 11.6 Å². The van der Waals surface area contributed by atoms with Crippen LogP contribution in [0.5, 0.6) is 0 Å². The van der Waals surface area contributed by atoms with E-state index in [9.17, 15) is 9.59 Å². The minimum atomic E-state index is -0.515. The summed E-state index contributed by atoms with van der Waals surface area (Å²) in [4.78, 5) is 26.8. The zero-order chi connectivity index (χ0) is 23.9. The van der Waals surface area contributed by atoms with E-state index in [1.165, 1.54) is 7.11 Å². The van der Waals surface area contributed by atoms with Crippen molar-refractivity contribution in [3.63, 3.8) is 0 Å². The molecular formula is C25H36N2O5. The molecule has 0 unspecified atom stereocenters. The van der Waals surface area contributed by atoms with E-state index in [1.54, 1.807) is 6.07 Å². The summed E-state index contributed by atoms with van der Waals surface area (Å²) < 4.78 is 10.3. The molecule has 1 aliphatic carbocycles. The number of carbonyl (C=O) groups excluding carboxylic acids is 2. The maximum Gasteiger partial charge on any atom is 0.407 e. The van der Waals surface area contributed by atoms with E-state index in [4.69, 9.17) is 14.6 Å². The summed E-state index contributed by atoms with van der Waals surface area (Å²) in [5.74, 6) is 5.16. The Morgan fingerprint density at radius 3 is 2.41 bits per heavy atom. The first-order valence-electron chi connectivity index (χ1n) is 11.2. The van der Waals surface area contributed by atoms with Crippen molar-refractivity contribution >= 4 is 17.7 Å². The topological polar surface area (TPSA) is 88.1 Å². The monoisotopic (exact) mass is 444 g/mol. The Morgan fingerprint density at radius 2 is 1.88 bits per heavy atom. The van der Waals surface area contributed by atoms with Crippen LogP contribution in [0.3, 0.4) is 0 Å². The SMILES string of the molecule is CCN(c1cc(C#CCO)cc(C(=O)OC)c1C)C1CCC(NC(=O)OC(C)(C)C)CC1. The lowest BCUT2D eigenvalue weighted by Crippen LogP contribution is -2.45. The zero-order valence-electron chi connectivity index (χ0n) is 20.1. The van der Waals surface area contributed by atoms with Gasteiger partial charge < -0.3 is 24.8 Å². The van der Waals surface area contributed by atoms with E-state index in [1.807, 2.05) is 33.8 Å². The van der Waals surface area contributed by atoms with Crippen molar-refractivity contribution in [3.8, 4) is 11.8 Å². The van der Waals surface area contributed by atoms with Gasteiger partial charge in [0.05, 0.1) is 12.7 Å². The van der Waals surface area contributed by atoms with Crippen LogP contribution in [0, 0.1) is 18.8 Å². The number of aliphatic hydroxyl groups is 1. The molecule has 0 atom stereocenters. The Balaban J connectivity index is 2.20. The molecule has 0 heterocycles. The molecule has 0 aliphatic heterocycles. The number of amides is 1. The van der Waals surface area contributed by atoms with Crippen LogP contribution in [0.4, 0.5) is 10.5 Å². The van der Waals surface area contributed by atoms with E-state index >= 15 is 0 Å². The maximum absolute atomic E-state index is 12.4. The number of benzene rings is 1. The first-order chi connectivity index (χ1) is 15.1. The third-order valence-corrected chi connectivity index (χ3v) is 5.61. The molecular weight excluding hydrogens is 408 g/mol. The maximum atomic E-state index is 12.4. The highest BCUT2D eigenvalue weighted by Crippen LogP contribution is 2.32. The van der Waals surface area contributed by atoms with Crippen molar-refractivity contribution < 1.29 is 24.2 Å². The van der Waals surface area contributed by atoms with Crippen molar-refractivity contribution in [1.29, 1.82) is 0 Å². The second-order valence-corrected chi connectivity index (χ2v) is 9.06. The van der Waals surface area contributed by atoms with Crippen molar-refractivity contribution in [2.75, 3.05) is 25.2 Å². The minimum absolute atomic E-state index is 0.0910. The lowest BCUT2D eigenvalue weighted by atomic mass is 9.89. The van der Waals surface area contributed by atoms with Gasteiger partial charge in [0.2, 0.25) is 0 Å². The number of carbonyl (C=O) groups is 2. The molecule has 1 aromatic rings. The highest BCUT2D eigenvalue weighted by Gasteiger charge is 2.29. The van der Waals surface area contributed by atoms with Crippen molar-refractivity contribution in [1.82, 2.24) is 5.32 Å². The van der Waals surface area contributed by atoms with Crippen LogP contribution >= 0.6 is 0 Å². The molecule has 0 aromatic heterocycles. The number of anilines is 1. The quantitative estimate of drug-likeness (QED) is 0.531. The summed E-state index contributed by atoms with van der Waals surface area (Å²) in [6, 6.07) is 4.05. The molecule has 7 nitrogen and oxygen atoms in total. The molecule has 0 radical (unpaired) electrons. The Morgan fingerprint density at radius 1 is 1.22 bits per heavy atom. The normalized spacial score (nSPS) is 18.2. The predicted molar refractivity (Wildman–Crippen MR) is 125 cm³/mol. The van der Waals surface area contributed by atoms with Crippen LogP contribution in [0.2, 0.25) is 0 Å². The molecule has 32 heavy (non-hydrogen) atoms. The summed E-state index contributed by atoms with van der Waals surface area (Å²) in [6.07, 6.45) is 3.16. The third-order valence-electron chi connectivity index (χ3n) is 5.61. The highest BCUT2D eigenvalue weighted by molar-refractivity contribution is 5.93. The van der Waals surface area contributed by atoms with E-state index in [-0.39, 0.29) is 24.8 Å². The average molecular weight is 445 g/mol. The smallest absolute Gasteiger partial charge is 0.407 e. The molecule has 0 bridgehead atoms. The Bertz CT molecular complexity index is 871. The van der Waals surface area contributed by atoms with Crippen molar-refractivity contribution in [3.05, 3.63) is 28.8 Å². The van der Waals surface area contributed by atoms with Crippen LogP contribution < -0.4 is 10.2 Å². The fraction of sp³-hybridized carbons (Fsp3) is 0.600. The van der Waals surface area contributed by atoms with Gasteiger partial charge in [-0.25, -0.2) is 9.59 Å². The number of nitrogens with one attached hydrogen (secondary N) is 1. The lowest BCUT2D eigenvalue weighted by Gasteiger charge is -2.39. The average Bonchev–Trinajstić information content (AvgIpc) is 2.73. The van der Waals surface area contributed by atoms with Gasteiger partial charge in [-0.3, -0.25) is 0 Å². The molecule has 0 saturated heterocycles. The molecule has 2 rings (SSSR count). The molecule has 0 spiro atoms. The van der Waals surface area contributed by atoms with Crippen LogP contribution in [0.1, 0.15) is 74.9 Å². The molecule has 1 aliphatic rings. The molecule has 1 amide bonds. The van der Waals surface area contributed by atoms with E-state index in [0.29, 0.717) is 11.1 Å². The third kappa shape index (κ3) is 6.89. The fourth-order valence-electron chi connectivity index (χ4n) is 4.16. The van der Waals surface area contributed by atoms with Gasteiger partial charge in [0.1, 0.15) is 12.2 Å². The van der Waals surface area contributed by atoms with Gasteiger partial charge in [-0.15, -0.1) is 0 Å². The summed E-state index contributed by atoms with van der Waals surface area (Å²) in [5, 5.41) is 12.1. The number of hydrogen-bond acceptors (Lipinski definition) is 6. The second-order valence-electron chi connectivity index (χ2n) is 9.06. The number of alkyl carbamates (subject to hydrolysis) is 1. The number of hydrogen-bond donors (Lipinski definition) is 2. The number of esters is 1. The number of aliphatic hydroxyl groups excluding tert-OH is 1. The van der Waals surface area contributed by atoms with Crippen LogP contribution in [-0.2, 0) is 9.47 Å². The summed E-state index contributed by atoms with van der Waals surface area (Å²) >= 11 is 0. The van der Waals surface area contributed by atoms with Gasteiger partial charge in [-0.1, -0.05) is 11.8 Å². The fourth-order valence-corrected chi connectivity index (χ4v) is 4.16. The van der Waals surface area contributed by atoms with Gasteiger partial charge in [0, 0.05) is 29.9 Å². The van der Waals surface area contributed by atoms with Gasteiger partial charge in [-0.2, -0.15) is 0 Å². The van der Waals surface area contributed by atoms with Crippen molar-refractivity contribution in [2.45, 2.75) is 78.0 Å². The predicted octanol–water partition coefficient (Wildman–Crippen LogP) is 3.79. The largest absolute Gasteiger partial charge is 0.465 e. The standard InChI is InChI=1S/C25H36N2O5/c1-7-27(20-12-10-19(11-13-20)26-24(30)32-25(3,4)5)22-16-18(9-8-14-28)15-21(17(22)2)23(29)31-6/h15-16,19-20,28H,7,10-14H2,1-6H3,(H,26,30). The number of rotatable bonds is 5. The summed E-state index contributed by atoms with van der Waals surface area (Å²) in [5.41, 5.74) is 2.42. The number of nitrogens with zero attached hydrogens (tertiary/aromatic N) is 1. The van der Waals surface area contributed by atoms with E-state index in [2.05, 4.69) is 29.0 Å². The first kappa shape index (κ1) is 25.5. The second kappa shape index (κ2) is 11.2. The van der Waals surface area contributed by atoms with E-state index in [0.717, 1.165) is 43.5 Å². The zero-order valence-corrected chi connectivity index (χ0v) is 20.1. The molecule has 176 valence electrons. The van der Waals surface area contributed by atoms with Gasteiger partial charge in [-0.05, 0) is 78.0 Å². The number of methoxy groups -OCH3 is 1. The van der Waals surface area contributed by atoms with Crippen LogP contribution in [0.15, 0.2) is 12.1 Å². The summed E-state index contributed by atoms with van der Waals surface area (Å²) in [7, 11) is 1.37. The molecule has 1 saturated carbocycles. The Hall–Kier alpha value is -2.72. The lowest BCUT2D eigenvalue weighted by molar-refractivity contribution is 0.0490. The van der Waals surface area contributed by atoms with Crippen LogP contribution in [0.25, 0.3) is 0 Å². The molecule has 7 heteroatoms. The Labute approximate surface area is 191 Å². The van der Waals surface area contributed by atoms with Gasteiger partial charge >= 0.3 is 12.1 Å².